The highest BCUT2D eigenvalue weighted by atomic mass is 16.5. The average molecular weight is 419 g/mol. The second-order valence-electron chi connectivity index (χ2n) is 8.69. The van der Waals surface area contributed by atoms with Crippen molar-refractivity contribution in [2.24, 2.45) is 5.92 Å². The number of likely N-dealkylation sites (tertiary alicyclic amines) is 1. The van der Waals surface area contributed by atoms with Gasteiger partial charge in [0.05, 0.1) is 6.54 Å². The van der Waals surface area contributed by atoms with Crippen LogP contribution >= 0.6 is 0 Å². The van der Waals surface area contributed by atoms with Crippen molar-refractivity contribution in [1.82, 2.24) is 19.9 Å². The van der Waals surface area contributed by atoms with Crippen molar-refractivity contribution in [3.05, 3.63) is 71.1 Å². The molecule has 0 spiro atoms. The summed E-state index contributed by atoms with van der Waals surface area (Å²) < 4.78 is 5.36. The molecule has 6 heteroatoms. The maximum absolute atomic E-state index is 12.8. The molecule has 2 heterocycles. The van der Waals surface area contributed by atoms with Crippen LogP contribution in [0.5, 0.6) is 0 Å². The number of aromatic nitrogens is 2. The molecule has 0 N–H and O–H groups in total. The van der Waals surface area contributed by atoms with E-state index in [0.29, 0.717) is 17.3 Å². The summed E-state index contributed by atoms with van der Waals surface area (Å²) in [4.78, 5) is 21.4. The summed E-state index contributed by atoms with van der Waals surface area (Å²) in [6, 6.07) is 15.9. The normalized spacial score (nSPS) is 15.2. The van der Waals surface area contributed by atoms with Gasteiger partial charge < -0.3 is 9.42 Å². The molecule has 0 aliphatic carbocycles. The Hall–Kier alpha value is -2.99. The molecule has 31 heavy (non-hydrogen) atoms. The molecular formula is C25H30N4O2. The predicted molar refractivity (Wildman–Crippen MR) is 120 cm³/mol. The molecular weight excluding hydrogens is 388 g/mol. The van der Waals surface area contributed by atoms with E-state index >= 15 is 0 Å². The summed E-state index contributed by atoms with van der Waals surface area (Å²) in [5.41, 5.74) is 3.98. The third-order valence-electron chi connectivity index (χ3n) is 5.98. The highest BCUT2D eigenvalue weighted by Crippen LogP contribution is 2.19. The number of aryl methyl sites for hydroxylation is 1. The van der Waals surface area contributed by atoms with Gasteiger partial charge in [-0.25, -0.2) is 0 Å². The van der Waals surface area contributed by atoms with Crippen LogP contribution in [0.3, 0.4) is 0 Å². The topological polar surface area (TPSA) is 62.5 Å². The summed E-state index contributed by atoms with van der Waals surface area (Å²) in [7, 11) is 1.75. The van der Waals surface area contributed by atoms with Crippen LogP contribution in [0.1, 0.15) is 47.1 Å². The predicted octanol–water partition coefficient (Wildman–Crippen LogP) is 4.55. The van der Waals surface area contributed by atoms with Crippen LogP contribution in [0.4, 0.5) is 0 Å². The van der Waals surface area contributed by atoms with E-state index in [1.54, 1.807) is 11.9 Å². The zero-order valence-corrected chi connectivity index (χ0v) is 18.5. The van der Waals surface area contributed by atoms with Crippen molar-refractivity contribution >= 4 is 5.91 Å². The first-order chi connectivity index (χ1) is 15.0. The van der Waals surface area contributed by atoms with E-state index in [-0.39, 0.29) is 12.5 Å². The zero-order valence-electron chi connectivity index (χ0n) is 18.5. The molecule has 0 unspecified atom stereocenters. The summed E-state index contributed by atoms with van der Waals surface area (Å²) >= 11 is 0. The van der Waals surface area contributed by atoms with Crippen molar-refractivity contribution in [1.29, 1.82) is 0 Å². The van der Waals surface area contributed by atoms with Crippen LogP contribution in [0, 0.1) is 12.8 Å². The molecule has 162 valence electrons. The van der Waals surface area contributed by atoms with Crippen LogP contribution in [-0.4, -0.2) is 46.0 Å². The van der Waals surface area contributed by atoms with Crippen LogP contribution in [-0.2, 0) is 13.1 Å². The maximum Gasteiger partial charge on any atom is 0.254 e. The van der Waals surface area contributed by atoms with Gasteiger partial charge in [0.15, 0.2) is 0 Å². The molecule has 6 nitrogen and oxygen atoms in total. The number of carbonyl (C=O) groups is 1. The Morgan fingerprint density at radius 2 is 1.77 bits per heavy atom. The van der Waals surface area contributed by atoms with E-state index in [1.165, 1.54) is 24.0 Å². The van der Waals surface area contributed by atoms with Gasteiger partial charge in [-0.2, -0.15) is 4.98 Å². The highest BCUT2D eigenvalue weighted by Gasteiger charge is 2.18. The molecule has 0 bridgehead atoms. The van der Waals surface area contributed by atoms with Crippen molar-refractivity contribution in [3.8, 4) is 11.4 Å². The second kappa shape index (κ2) is 9.43. The molecule has 0 atom stereocenters. The number of hydrogen-bond acceptors (Lipinski definition) is 5. The smallest absolute Gasteiger partial charge is 0.254 e. The fourth-order valence-electron chi connectivity index (χ4n) is 3.87. The lowest BCUT2D eigenvalue weighted by molar-refractivity contribution is 0.0769. The van der Waals surface area contributed by atoms with Crippen LogP contribution in [0.15, 0.2) is 53.1 Å². The molecule has 0 saturated carbocycles. The number of amides is 1. The Kier molecular flexibility index (Phi) is 6.47. The molecule has 1 fully saturated rings. The van der Waals surface area contributed by atoms with Crippen LogP contribution < -0.4 is 0 Å². The highest BCUT2D eigenvalue weighted by molar-refractivity contribution is 5.94. The molecule has 4 rings (SSSR count). The fourth-order valence-corrected chi connectivity index (χ4v) is 3.87. The van der Waals surface area contributed by atoms with E-state index in [2.05, 4.69) is 34.1 Å². The van der Waals surface area contributed by atoms with Gasteiger partial charge in [-0.05, 0) is 56.5 Å². The van der Waals surface area contributed by atoms with E-state index in [4.69, 9.17) is 4.52 Å². The minimum atomic E-state index is -0.0616. The SMILES string of the molecule is Cc1ccc(-c2noc(CN(C)C(=O)c3ccc(CN4CCC(C)CC4)cc3)n2)cc1. The molecule has 1 aliphatic heterocycles. The lowest BCUT2D eigenvalue weighted by Gasteiger charge is -2.30. The molecule has 3 aromatic rings. The summed E-state index contributed by atoms with van der Waals surface area (Å²) in [5.74, 6) is 1.72. The quantitative estimate of drug-likeness (QED) is 0.588. The lowest BCUT2D eigenvalue weighted by atomic mass is 9.99. The number of carbonyl (C=O) groups excluding carboxylic acids is 1. The summed E-state index contributed by atoms with van der Waals surface area (Å²) in [6.07, 6.45) is 2.53. The molecule has 2 aromatic carbocycles. The third kappa shape index (κ3) is 5.39. The third-order valence-corrected chi connectivity index (χ3v) is 5.98. The lowest BCUT2D eigenvalue weighted by Crippen LogP contribution is -2.32. The monoisotopic (exact) mass is 418 g/mol. The first kappa shape index (κ1) is 21.2. The Bertz CT molecular complexity index is 1000. The number of rotatable bonds is 6. The summed E-state index contributed by atoms with van der Waals surface area (Å²) in [6.45, 7) is 7.88. The molecule has 1 amide bonds. The van der Waals surface area contributed by atoms with Crippen molar-refractivity contribution in [2.75, 3.05) is 20.1 Å². The number of benzene rings is 2. The van der Waals surface area contributed by atoms with Crippen LogP contribution in [0.2, 0.25) is 0 Å². The minimum Gasteiger partial charge on any atom is -0.337 e. The van der Waals surface area contributed by atoms with Gasteiger partial charge in [-0.1, -0.05) is 54.0 Å². The van der Waals surface area contributed by atoms with Crippen molar-refractivity contribution < 1.29 is 9.32 Å². The van der Waals surface area contributed by atoms with Crippen LogP contribution in [0.25, 0.3) is 11.4 Å². The maximum atomic E-state index is 12.8. The standard InChI is InChI=1S/C25H30N4O2/c1-18-4-8-21(9-5-18)24-26-23(31-27-24)17-28(3)25(30)22-10-6-20(7-11-22)16-29-14-12-19(2)13-15-29/h4-11,19H,12-17H2,1-3H3. The fraction of sp³-hybridized carbons (Fsp3) is 0.400. The second-order valence-corrected chi connectivity index (χ2v) is 8.69. The van der Waals surface area contributed by atoms with Gasteiger partial charge in [-0.15, -0.1) is 0 Å². The molecule has 1 aromatic heterocycles. The Balaban J connectivity index is 1.34. The zero-order chi connectivity index (χ0) is 21.8. The Morgan fingerprint density at radius 3 is 2.45 bits per heavy atom. The van der Waals surface area contributed by atoms with Gasteiger partial charge in [0.2, 0.25) is 11.7 Å². The number of nitrogens with zero attached hydrogens (tertiary/aromatic N) is 4. The Morgan fingerprint density at radius 1 is 1.10 bits per heavy atom. The van der Waals surface area contributed by atoms with E-state index in [0.717, 1.165) is 31.1 Å². The van der Waals surface area contributed by atoms with E-state index < -0.39 is 0 Å². The molecule has 0 radical (unpaired) electrons. The van der Waals surface area contributed by atoms with Gasteiger partial charge >= 0.3 is 0 Å². The molecule has 1 saturated heterocycles. The Labute approximate surface area is 183 Å². The van der Waals surface area contributed by atoms with Gasteiger partial charge in [0.25, 0.3) is 5.91 Å². The van der Waals surface area contributed by atoms with E-state index in [9.17, 15) is 4.79 Å². The average Bonchev–Trinajstić information content (AvgIpc) is 3.24. The van der Waals surface area contributed by atoms with Crippen molar-refractivity contribution in [3.63, 3.8) is 0 Å². The van der Waals surface area contributed by atoms with Gasteiger partial charge in [0.1, 0.15) is 0 Å². The van der Waals surface area contributed by atoms with Crippen molar-refractivity contribution in [2.45, 2.75) is 39.8 Å². The number of piperidine rings is 1. The first-order valence-corrected chi connectivity index (χ1v) is 10.9. The summed E-state index contributed by atoms with van der Waals surface area (Å²) in [5, 5.41) is 4.04. The first-order valence-electron chi connectivity index (χ1n) is 10.9. The largest absolute Gasteiger partial charge is 0.337 e. The molecule has 1 aliphatic rings. The van der Waals surface area contributed by atoms with Gasteiger partial charge in [-0.3, -0.25) is 9.69 Å². The number of hydrogen-bond donors (Lipinski definition) is 0. The minimum absolute atomic E-state index is 0.0616. The van der Waals surface area contributed by atoms with E-state index in [1.807, 2.05) is 43.3 Å². The van der Waals surface area contributed by atoms with Gasteiger partial charge in [0, 0.05) is 24.7 Å².